The summed E-state index contributed by atoms with van der Waals surface area (Å²) in [5, 5.41) is -0.282. The molecule has 0 amide bonds. The van der Waals surface area contributed by atoms with Gasteiger partial charge in [-0.15, -0.1) is 0 Å². The van der Waals surface area contributed by atoms with Gasteiger partial charge in [0.2, 0.25) is 0 Å². The second-order valence-corrected chi connectivity index (χ2v) is 21.7. The van der Waals surface area contributed by atoms with Crippen LogP contribution in [0.25, 0.3) is 16.7 Å². The summed E-state index contributed by atoms with van der Waals surface area (Å²) in [6.07, 6.45) is 2.62. The molecule has 14 heteroatoms. The van der Waals surface area contributed by atoms with Gasteiger partial charge in [0.15, 0.2) is 14.0 Å². The molecule has 1 fully saturated rings. The van der Waals surface area contributed by atoms with Gasteiger partial charge in [-0.1, -0.05) is 39.9 Å². The minimum atomic E-state index is -3.21. The van der Waals surface area contributed by atoms with Crippen LogP contribution in [-0.2, 0) is 17.0 Å². The van der Waals surface area contributed by atoms with Gasteiger partial charge in [0.05, 0.1) is 11.3 Å². The zero-order valence-corrected chi connectivity index (χ0v) is 30.5. The molecule has 5 rings (SSSR count). The van der Waals surface area contributed by atoms with E-state index in [0.29, 0.717) is 22.1 Å². The van der Waals surface area contributed by atoms with Crippen LogP contribution in [0.2, 0.25) is 18.1 Å². The SMILES string of the molecule is Cc1c(Oc2cccc(N([Si](C)(C)C(C)(C)C)S(C)(=N)=O)c2)c2c(=O)n(C3CC3)c(=O)n(-c3ccc(I)cc3F)c2n(C)c1=O. The summed E-state index contributed by atoms with van der Waals surface area (Å²) in [5.41, 5.74) is -1.43. The maximum Gasteiger partial charge on any atom is 0.337 e. The number of fused-ring (bicyclic) bond motifs is 1. The molecular weight excluding hydrogens is 728 g/mol. The molecule has 4 aromatic rings. The molecule has 1 unspecified atom stereocenters. The highest BCUT2D eigenvalue weighted by Gasteiger charge is 2.45. The first kappa shape index (κ1) is 33.1. The number of pyridine rings is 1. The van der Waals surface area contributed by atoms with Crippen molar-refractivity contribution in [2.45, 2.75) is 64.7 Å². The molecule has 0 aliphatic heterocycles. The standard InChI is InChI=1S/C31H37FIN5O5SSi/c1-18-26(43-22-11-9-10-21(17-22)38(44(6,34)42)45(7,8)31(2,3)4)25-27(35(5)28(18)39)37(24-15-12-19(33)16-23(24)32)30(41)36(29(25)40)20-13-14-20/h9-12,15-17,20,34H,13-14H2,1-8H3. The first-order chi connectivity index (χ1) is 20.8. The van der Waals surface area contributed by atoms with Crippen molar-refractivity contribution < 1.29 is 13.3 Å². The lowest BCUT2D eigenvalue weighted by atomic mass is 10.2. The molecule has 0 bridgehead atoms. The van der Waals surface area contributed by atoms with E-state index in [1.54, 1.807) is 34.3 Å². The molecule has 2 heterocycles. The normalized spacial score (nSPS) is 15.2. The quantitative estimate of drug-likeness (QED) is 0.172. The topological polar surface area (TPSA) is 119 Å². The second kappa shape index (κ2) is 11.2. The van der Waals surface area contributed by atoms with Gasteiger partial charge in [-0.3, -0.25) is 18.7 Å². The third-order valence-electron chi connectivity index (χ3n) is 8.80. The summed E-state index contributed by atoms with van der Waals surface area (Å²) in [4.78, 5) is 41.6. The predicted molar refractivity (Wildman–Crippen MR) is 188 cm³/mol. The molecular formula is C31H37FIN5O5SSi. The average molecular weight is 766 g/mol. The molecule has 0 spiro atoms. The van der Waals surface area contributed by atoms with Crippen LogP contribution in [-0.4, -0.2) is 32.4 Å². The lowest BCUT2D eigenvalue weighted by Crippen LogP contribution is -2.57. The van der Waals surface area contributed by atoms with Crippen LogP contribution < -0.4 is 25.5 Å². The number of nitrogens with zero attached hydrogens (tertiary/aromatic N) is 4. The first-order valence-electron chi connectivity index (χ1n) is 14.5. The van der Waals surface area contributed by atoms with Crippen molar-refractivity contribution in [3.8, 4) is 17.2 Å². The minimum Gasteiger partial charge on any atom is -0.456 e. The Morgan fingerprint density at radius 2 is 1.73 bits per heavy atom. The van der Waals surface area contributed by atoms with Crippen LogP contribution >= 0.6 is 22.6 Å². The van der Waals surface area contributed by atoms with Gasteiger partial charge >= 0.3 is 5.69 Å². The van der Waals surface area contributed by atoms with Crippen molar-refractivity contribution in [2.24, 2.45) is 7.05 Å². The molecule has 0 radical (unpaired) electrons. The summed E-state index contributed by atoms with van der Waals surface area (Å²) < 4.78 is 49.5. The molecule has 0 saturated heterocycles. The van der Waals surface area contributed by atoms with Crippen molar-refractivity contribution in [3.05, 3.63) is 88.6 Å². The van der Waals surface area contributed by atoms with Crippen LogP contribution in [0, 0.1) is 21.1 Å². The number of anilines is 1. The van der Waals surface area contributed by atoms with Gasteiger partial charge < -0.3 is 8.71 Å². The highest BCUT2D eigenvalue weighted by molar-refractivity contribution is 14.1. The smallest absolute Gasteiger partial charge is 0.337 e. The number of rotatable bonds is 7. The van der Waals surface area contributed by atoms with Gasteiger partial charge in [-0.2, -0.15) is 0 Å². The molecule has 1 aliphatic rings. The second-order valence-electron chi connectivity index (χ2n) is 13.1. The molecule has 240 valence electrons. The summed E-state index contributed by atoms with van der Waals surface area (Å²) >= 11 is 1.97. The molecule has 10 nitrogen and oxygen atoms in total. The number of ether oxygens (including phenoxy) is 1. The fourth-order valence-electron chi connectivity index (χ4n) is 5.48. The molecule has 1 atom stereocenters. The minimum absolute atomic E-state index is 0.0366. The Hall–Kier alpha value is -3.24. The van der Waals surface area contributed by atoms with Crippen molar-refractivity contribution in [3.63, 3.8) is 0 Å². The summed E-state index contributed by atoms with van der Waals surface area (Å²) in [5.74, 6) is -0.488. The van der Waals surface area contributed by atoms with E-state index in [1.807, 2.05) is 22.6 Å². The zero-order valence-electron chi connectivity index (χ0n) is 26.5. The molecule has 1 N–H and O–H groups in total. The highest BCUT2D eigenvalue weighted by Crippen LogP contribution is 2.43. The van der Waals surface area contributed by atoms with E-state index in [9.17, 15) is 18.6 Å². The van der Waals surface area contributed by atoms with E-state index in [4.69, 9.17) is 9.52 Å². The van der Waals surface area contributed by atoms with Crippen LogP contribution in [0.3, 0.4) is 0 Å². The van der Waals surface area contributed by atoms with E-state index in [2.05, 4.69) is 33.9 Å². The number of halogens is 2. The van der Waals surface area contributed by atoms with Crippen LogP contribution in [0.4, 0.5) is 10.1 Å². The third-order valence-corrected chi connectivity index (χ3v) is 17.7. The Morgan fingerprint density at radius 3 is 2.29 bits per heavy atom. The Bertz CT molecular complexity index is 2160. The fourth-order valence-corrected chi connectivity index (χ4v) is 12.1. The van der Waals surface area contributed by atoms with Crippen molar-refractivity contribution in [1.29, 1.82) is 4.78 Å². The van der Waals surface area contributed by atoms with E-state index >= 15 is 4.39 Å². The summed E-state index contributed by atoms with van der Waals surface area (Å²) in [7, 11) is -4.32. The summed E-state index contributed by atoms with van der Waals surface area (Å²) in [6, 6.07) is 10.8. The van der Waals surface area contributed by atoms with E-state index in [-0.39, 0.29) is 44.9 Å². The van der Waals surface area contributed by atoms with E-state index in [0.717, 1.165) is 9.13 Å². The van der Waals surface area contributed by atoms with Gasteiger partial charge in [0, 0.05) is 34.7 Å². The molecule has 1 aliphatic carbocycles. The molecule has 2 aromatic carbocycles. The number of hydrogen-bond donors (Lipinski definition) is 1. The molecule has 45 heavy (non-hydrogen) atoms. The monoisotopic (exact) mass is 765 g/mol. The Balaban J connectivity index is 1.82. The number of hydrogen-bond acceptors (Lipinski definition) is 6. The maximum atomic E-state index is 15.4. The third kappa shape index (κ3) is 5.69. The maximum absolute atomic E-state index is 15.4. The van der Waals surface area contributed by atoms with E-state index < -0.39 is 40.8 Å². The fraction of sp³-hybridized carbons (Fsp3) is 0.387. The zero-order chi connectivity index (χ0) is 33.4. The van der Waals surface area contributed by atoms with Gasteiger partial charge in [0.25, 0.3) is 11.1 Å². The highest BCUT2D eigenvalue weighted by atomic mass is 127. The molecule has 1 saturated carbocycles. The lowest BCUT2D eigenvalue weighted by molar-refractivity contribution is 0.479. The van der Waals surface area contributed by atoms with Gasteiger partial charge in [-0.05, 0) is 77.7 Å². The number of benzene rings is 2. The summed E-state index contributed by atoms with van der Waals surface area (Å²) in [6.45, 7) is 11.8. The number of aromatic nitrogens is 3. The van der Waals surface area contributed by atoms with Crippen molar-refractivity contribution in [1.82, 2.24) is 13.7 Å². The van der Waals surface area contributed by atoms with Gasteiger partial charge in [0.1, 0.15) is 32.5 Å². The van der Waals surface area contributed by atoms with Crippen molar-refractivity contribution in [2.75, 3.05) is 10.2 Å². The van der Waals surface area contributed by atoms with Crippen LogP contribution in [0.1, 0.15) is 45.2 Å². The molecule has 2 aromatic heterocycles. The Morgan fingerprint density at radius 1 is 1.09 bits per heavy atom. The van der Waals surface area contributed by atoms with E-state index in [1.165, 1.54) is 36.9 Å². The van der Waals surface area contributed by atoms with Crippen molar-refractivity contribution >= 4 is 57.5 Å². The number of aryl methyl sites for hydroxylation is 1. The lowest BCUT2D eigenvalue weighted by Gasteiger charge is -2.46. The Kier molecular flexibility index (Phi) is 8.26. The van der Waals surface area contributed by atoms with Crippen LogP contribution in [0.5, 0.6) is 11.5 Å². The number of nitrogens with one attached hydrogen (secondary N) is 1. The first-order valence-corrected chi connectivity index (χ1v) is 20.4. The van der Waals surface area contributed by atoms with Gasteiger partial charge in [-0.25, -0.2) is 22.7 Å². The van der Waals surface area contributed by atoms with Crippen LogP contribution in [0.15, 0.2) is 56.8 Å². The Labute approximate surface area is 275 Å². The largest absolute Gasteiger partial charge is 0.456 e. The predicted octanol–water partition coefficient (Wildman–Crippen LogP) is 6.43. The average Bonchev–Trinajstić information content (AvgIpc) is 3.74.